The largest absolute Gasteiger partial charge is 0.515 e. The molecule has 1 aromatic rings. The molecule has 1 aromatic carbocycles. The number of carbonyl (C=O) groups excluding carboxylic acids is 1. The summed E-state index contributed by atoms with van der Waals surface area (Å²) in [4.78, 5) is 10.3. The molecule has 0 spiro atoms. The molecule has 0 heterocycles. The fourth-order valence-corrected chi connectivity index (χ4v) is 0.815. The lowest BCUT2D eigenvalue weighted by Gasteiger charge is -1.96. The van der Waals surface area contributed by atoms with Gasteiger partial charge in [-0.2, -0.15) is 0 Å². The number of carbonyl (C=O) groups is 1. The second-order valence-corrected chi connectivity index (χ2v) is 2.21. The Hall–Kier alpha value is -1.64. The molecule has 0 amide bonds. The van der Waals surface area contributed by atoms with Crippen molar-refractivity contribution in [2.75, 3.05) is 0 Å². The fourth-order valence-electron chi connectivity index (χ4n) is 0.815. The quantitative estimate of drug-likeness (QED) is 0.414. The summed E-state index contributed by atoms with van der Waals surface area (Å²) in [7, 11) is 0. The number of aldehydes is 1. The van der Waals surface area contributed by atoms with E-state index in [9.17, 15) is 9.18 Å². The molecule has 0 saturated heterocycles. The number of benzene rings is 1. The summed E-state index contributed by atoms with van der Waals surface area (Å²) in [6.07, 6.45) is 1.20. The van der Waals surface area contributed by atoms with E-state index in [1.165, 1.54) is 24.3 Å². The number of aliphatic hydroxyl groups is 1. The standard InChI is InChI=1S/C9H7FO2/c10-9-3-1-7(2-4-9)8(5-11)6-12/h1-6,11H. The minimum atomic E-state index is -0.373. The molecule has 3 heteroatoms. The van der Waals surface area contributed by atoms with E-state index in [1.54, 1.807) is 0 Å². The van der Waals surface area contributed by atoms with Crippen molar-refractivity contribution in [3.8, 4) is 0 Å². The average Bonchev–Trinajstić information content (AvgIpc) is 2.10. The number of halogens is 1. The van der Waals surface area contributed by atoms with Crippen LogP contribution in [0.3, 0.4) is 0 Å². The van der Waals surface area contributed by atoms with Gasteiger partial charge in [0.05, 0.1) is 11.8 Å². The first kappa shape index (κ1) is 8.46. The lowest BCUT2D eigenvalue weighted by atomic mass is 10.1. The lowest BCUT2D eigenvalue weighted by molar-refractivity contribution is -0.103. The van der Waals surface area contributed by atoms with Gasteiger partial charge < -0.3 is 5.11 Å². The van der Waals surface area contributed by atoms with Gasteiger partial charge in [-0.1, -0.05) is 12.1 Å². The van der Waals surface area contributed by atoms with Crippen molar-refractivity contribution in [3.05, 3.63) is 41.9 Å². The summed E-state index contributed by atoms with van der Waals surface area (Å²) in [6, 6.07) is 5.29. The first-order valence-corrected chi connectivity index (χ1v) is 3.33. The van der Waals surface area contributed by atoms with Gasteiger partial charge in [0, 0.05) is 0 Å². The molecule has 1 rings (SSSR count). The van der Waals surface area contributed by atoms with Crippen molar-refractivity contribution in [2.24, 2.45) is 0 Å². The predicted molar refractivity (Wildman–Crippen MR) is 43.1 cm³/mol. The molecule has 0 aliphatic carbocycles. The number of hydrogen-bond acceptors (Lipinski definition) is 2. The first-order valence-electron chi connectivity index (χ1n) is 3.33. The van der Waals surface area contributed by atoms with Gasteiger partial charge in [-0.05, 0) is 17.7 Å². The Morgan fingerprint density at radius 2 is 1.92 bits per heavy atom. The molecule has 0 saturated carbocycles. The second kappa shape index (κ2) is 3.67. The molecule has 12 heavy (non-hydrogen) atoms. The van der Waals surface area contributed by atoms with Crippen molar-refractivity contribution in [1.82, 2.24) is 0 Å². The topological polar surface area (TPSA) is 37.3 Å². The maximum atomic E-state index is 12.4. The zero-order valence-electron chi connectivity index (χ0n) is 6.20. The molecule has 0 bridgehead atoms. The van der Waals surface area contributed by atoms with Crippen molar-refractivity contribution < 1.29 is 14.3 Å². The third-order valence-corrected chi connectivity index (χ3v) is 1.44. The molecule has 0 unspecified atom stereocenters. The van der Waals surface area contributed by atoms with Gasteiger partial charge in [-0.25, -0.2) is 4.39 Å². The highest BCUT2D eigenvalue weighted by Gasteiger charge is 1.99. The molecule has 0 aliphatic rings. The molecule has 1 N–H and O–H groups in total. The van der Waals surface area contributed by atoms with Crippen LogP contribution in [0.25, 0.3) is 5.57 Å². The van der Waals surface area contributed by atoms with Gasteiger partial charge in [0.25, 0.3) is 0 Å². The van der Waals surface area contributed by atoms with Crippen molar-refractivity contribution in [1.29, 1.82) is 0 Å². The van der Waals surface area contributed by atoms with Crippen LogP contribution in [0, 0.1) is 5.82 Å². The summed E-state index contributed by atoms with van der Waals surface area (Å²) in [5.41, 5.74) is 0.629. The Labute approximate surface area is 69.0 Å². The molecule has 0 fully saturated rings. The van der Waals surface area contributed by atoms with E-state index in [0.717, 1.165) is 0 Å². The maximum absolute atomic E-state index is 12.4. The van der Waals surface area contributed by atoms with E-state index in [4.69, 9.17) is 5.11 Å². The van der Waals surface area contributed by atoms with E-state index >= 15 is 0 Å². The predicted octanol–water partition coefficient (Wildman–Crippen LogP) is 1.92. The van der Waals surface area contributed by atoms with Crippen LogP contribution in [0.15, 0.2) is 30.5 Å². The van der Waals surface area contributed by atoms with Crippen molar-refractivity contribution >= 4 is 11.9 Å². The normalized spacial score (nSPS) is 11.2. The number of rotatable bonds is 2. The van der Waals surface area contributed by atoms with Crippen LogP contribution >= 0.6 is 0 Å². The highest BCUT2D eigenvalue weighted by molar-refractivity contribution is 6.06. The molecular weight excluding hydrogens is 159 g/mol. The third-order valence-electron chi connectivity index (χ3n) is 1.44. The van der Waals surface area contributed by atoms with Gasteiger partial charge in [-0.15, -0.1) is 0 Å². The number of allylic oxidation sites excluding steroid dienone is 1. The van der Waals surface area contributed by atoms with Crippen LogP contribution in [-0.4, -0.2) is 11.4 Å². The van der Waals surface area contributed by atoms with Crippen LogP contribution in [0.2, 0.25) is 0 Å². The summed E-state index contributed by atoms with van der Waals surface area (Å²) in [5, 5.41) is 8.56. The van der Waals surface area contributed by atoms with Crippen molar-refractivity contribution in [2.45, 2.75) is 0 Å². The SMILES string of the molecule is O=CC(=CO)c1ccc(F)cc1. The van der Waals surface area contributed by atoms with E-state index in [0.29, 0.717) is 18.1 Å². The Kier molecular flexibility index (Phi) is 2.58. The third kappa shape index (κ3) is 1.69. The average molecular weight is 166 g/mol. The molecule has 2 nitrogen and oxygen atoms in total. The molecule has 62 valence electrons. The Morgan fingerprint density at radius 1 is 1.33 bits per heavy atom. The van der Waals surface area contributed by atoms with E-state index in [1.807, 2.05) is 0 Å². The molecule has 0 radical (unpaired) electrons. The fraction of sp³-hybridized carbons (Fsp3) is 0. The monoisotopic (exact) mass is 166 g/mol. The van der Waals surface area contributed by atoms with Gasteiger partial charge in [0.15, 0.2) is 6.29 Å². The highest BCUT2D eigenvalue weighted by atomic mass is 19.1. The zero-order valence-corrected chi connectivity index (χ0v) is 6.20. The summed E-state index contributed by atoms with van der Waals surface area (Å²) < 4.78 is 12.4. The van der Waals surface area contributed by atoms with Gasteiger partial charge in [-0.3, -0.25) is 4.79 Å². The smallest absolute Gasteiger partial charge is 0.153 e. The Balaban J connectivity index is 3.04. The first-order chi connectivity index (χ1) is 5.77. The zero-order chi connectivity index (χ0) is 8.97. The van der Waals surface area contributed by atoms with Gasteiger partial charge in [0.2, 0.25) is 0 Å². The summed E-state index contributed by atoms with van der Waals surface area (Å²) in [5.74, 6) is -0.373. The minimum absolute atomic E-state index is 0.134. The second-order valence-electron chi connectivity index (χ2n) is 2.21. The summed E-state index contributed by atoms with van der Waals surface area (Å²) >= 11 is 0. The van der Waals surface area contributed by atoms with Crippen LogP contribution < -0.4 is 0 Å². The molecule has 0 aromatic heterocycles. The van der Waals surface area contributed by atoms with Crippen LogP contribution in [0.1, 0.15) is 5.56 Å². The van der Waals surface area contributed by atoms with E-state index < -0.39 is 0 Å². The minimum Gasteiger partial charge on any atom is -0.515 e. The summed E-state index contributed by atoms with van der Waals surface area (Å²) in [6.45, 7) is 0. The van der Waals surface area contributed by atoms with Crippen LogP contribution in [-0.2, 0) is 4.79 Å². The molecule has 0 aliphatic heterocycles. The highest BCUT2D eigenvalue weighted by Crippen LogP contribution is 2.11. The molecular formula is C9H7FO2. The lowest BCUT2D eigenvalue weighted by Crippen LogP contribution is -1.85. The molecule has 0 atom stereocenters. The Bertz CT molecular complexity index is 301. The number of hydrogen-bond donors (Lipinski definition) is 1. The van der Waals surface area contributed by atoms with E-state index in [-0.39, 0.29) is 11.4 Å². The van der Waals surface area contributed by atoms with E-state index in [2.05, 4.69) is 0 Å². The maximum Gasteiger partial charge on any atom is 0.153 e. The number of aliphatic hydroxyl groups excluding tert-OH is 1. The van der Waals surface area contributed by atoms with Crippen LogP contribution in [0.5, 0.6) is 0 Å². The van der Waals surface area contributed by atoms with Gasteiger partial charge in [0.1, 0.15) is 5.82 Å². The van der Waals surface area contributed by atoms with Crippen molar-refractivity contribution in [3.63, 3.8) is 0 Å². The Morgan fingerprint density at radius 3 is 2.33 bits per heavy atom. The van der Waals surface area contributed by atoms with Gasteiger partial charge >= 0.3 is 0 Å². The van der Waals surface area contributed by atoms with Crippen LogP contribution in [0.4, 0.5) is 4.39 Å².